The summed E-state index contributed by atoms with van der Waals surface area (Å²) < 4.78 is 36.9. The summed E-state index contributed by atoms with van der Waals surface area (Å²) in [5, 5.41) is 11.2. The maximum atomic E-state index is 12.3. The van der Waals surface area contributed by atoms with Gasteiger partial charge < -0.3 is 15.1 Å². The van der Waals surface area contributed by atoms with Crippen molar-refractivity contribution in [1.29, 1.82) is 0 Å². The summed E-state index contributed by atoms with van der Waals surface area (Å²) in [6.07, 6.45) is -4.24. The summed E-state index contributed by atoms with van der Waals surface area (Å²) in [5.74, 6) is 0.899. The Morgan fingerprint density at radius 3 is 2.38 bits per heavy atom. The Balaban J connectivity index is 1.54. The number of nitrogens with one attached hydrogen (secondary N) is 1. The van der Waals surface area contributed by atoms with E-state index in [1.807, 2.05) is 11.0 Å². The highest BCUT2D eigenvalue weighted by Gasteiger charge is 2.34. The van der Waals surface area contributed by atoms with Crippen molar-refractivity contribution in [3.63, 3.8) is 0 Å². The molecule has 0 unspecified atom stereocenters. The molecule has 3 rings (SSSR count). The lowest BCUT2D eigenvalue weighted by Gasteiger charge is -2.35. The van der Waals surface area contributed by atoms with Gasteiger partial charge in [-0.15, -0.1) is 10.2 Å². The van der Waals surface area contributed by atoms with Crippen molar-refractivity contribution in [2.75, 3.05) is 36.4 Å². The number of alkyl halides is 3. The number of aromatic nitrogens is 3. The molecule has 0 saturated carbocycles. The van der Waals surface area contributed by atoms with Crippen LogP contribution in [0.3, 0.4) is 0 Å². The van der Waals surface area contributed by atoms with Gasteiger partial charge in [0.1, 0.15) is 12.2 Å². The second kappa shape index (κ2) is 7.54. The van der Waals surface area contributed by atoms with E-state index in [0.29, 0.717) is 30.5 Å². The van der Waals surface area contributed by atoms with Crippen LogP contribution in [-0.2, 0) is 4.79 Å². The first kappa shape index (κ1) is 17.9. The molecule has 7 nitrogen and oxygen atoms in total. The van der Waals surface area contributed by atoms with Crippen LogP contribution in [0.5, 0.6) is 0 Å². The molecular formula is C16H17F3N6O. The average Bonchev–Trinajstić information content (AvgIpc) is 2.62. The minimum atomic E-state index is -4.48. The van der Waals surface area contributed by atoms with E-state index >= 15 is 0 Å². The number of piperazine rings is 1. The van der Waals surface area contributed by atoms with Gasteiger partial charge in [0.25, 0.3) is 0 Å². The van der Waals surface area contributed by atoms with Gasteiger partial charge in [-0.25, -0.2) is 4.98 Å². The Morgan fingerprint density at radius 2 is 1.81 bits per heavy atom. The summed E-state index contributed by atoms with van der Waals surface area (Å²) in [7, 11) is 0. The number of nitrogens with zero attached hydrogens (tertiary/aromatic N) is 5. The Kier molecular flexibility index (Phi) is 5.19. The zero-order valence-corrected chi connectivity index (χ0v) is 13.8. The van der Waals surface area contributed by atoms with E-state index in [-0.39, 0.29) is 13.1 Å². The zero-order valence-electron chi connectivity index (χ0n) is 13.8. The van der Waals surface area contributed by atoms with E-state index in [0.717, 1.165) is 0 Å². The second-order valence-corrected chi connectivity index (χ2v) is 5.78. The standard InChI is InChI=1S/C16H17F3N6O/c17-16(18,19)11-15(26)25-9-7-24(8-10-25)14-5-4-13(22-23-14)21-12-3-1-2-6-20-12/h1-6H,7-11H2,(H,20,21,22). The van der Waals surface area contributed by atoms with Gasteiger partial charge in [0.15, 0.2) is 11.6 Å². The van der Waals surface area contributed by atoms with E-state index < -0.39 is 18.5 Å². The van der Waals surface area contributed by atoms with E-state index in [4.69, 9.17) is 0 Å². The number of halogens is 3. The normalized spacial score (nSPS) is 15.0. The van der Waals surface area contributed by atoms with E-state index in [9.17, 15) is 18.0 Å². The molecule has 0 bridgehead atoms. The van der Waals surface area contributed by atoms with Gasteiger partial charge in [0.05, 0.1) is 0 Å². The number of anilines is 3. The molecule has 2 aromatic heterocycles. The lowest BCUT2D eigenvalue weighted by Crippen LogP contribution is -2.49. The molecule has 0 atom stereocenters. The lowest BCUT2D eigenvalue weighted by molar-refractivity contribution is -0.161. The fraction of sp³-hybridized carbons (Fsp3) is 0.375. The van der Waals surface area contributed by atoms with E-state index in [2.05, 4.69) is 20.5 Å². The van der Waals surface area contributed by atoms with Gasteiger partial charge in [-0.2, -0.15) is 13.2 Å². The molecule has 3 heterocycles. The van der Waals surface area contributed by atoms with Crippen LogP contribution in [0.4, 0.5) is 30.6 Å². The van der Waals surface area contributed by atoms with Crippen LogP contribution in [0.2, 0.25) is 0 Å². The summed E-state index contributed by atoms with van der Waals surface area (Å²) in [4.78, 5) is 18.9. The highest BCUT2D eigenvalue weighted by molar-refractivity contribution is 5.77. The van der Waals surface area contributed by atoms with E-state index in [1.54, 1.807) is 30.5 Å². The van der Waals surface area contributed by atoms with Crippen LogP contribution in [0.25, 0.3) is 0 Å². The Labute approximate surface area is 147 Å². The first-order valence-electron chi connectivity index (χ1n) is 8.02. The van der Waals surface area contributed by atoms with Crippen LogP contribution in [0, 0.1) is 0 Å². The molecular weight excluding hydrogens is 349 g/mol. The third-order valence-electron chi connectivity index (χ3n) is 3.88. The minimum Gasteiger partial charge on any atom is -0.352 e. The Morgan fingerprint density at radius 1 is 1.04 bits per heavy atom. The lowest BCUT2D eigenvalue weighted by atomic mass is 10.2. The highest BCUT2D eigenvalue weighted by Crippen LogP contribution is 2.22. The van der Waals surface area contributed by atoms with Gasteiger partial charge in [0.2, 0.25) is 5.91 Å². The van der Waals surface area contributed by atoms with Crippen LogP contribution in [0.1, 0.15) is 6.42 Å². The number of amides is 1. The molecule has 1 fully saturated rings. The monoisotopic (exact) mass is 366 g/mol. The van der Waals surface area contributed by atoms with Gasteiger partial charge in [-0.3, -0.25) is 4.79 Å². The predicted molar refractivity (Wildman–Crippen MR) is 89.0 cm³/mol. The molecule has 0 spiro atoms. The van der Waals surface area contributed by atoms with E-state index in [1.165, 1.54) is 4.90 Å². The highest BCUT2D eigenvalue weighted by atomic mass is 19.4. The fourth-order valence-corrected chi connectivity index (χ4v) is 2.60. The van der Waals surface area contributed by atoms with Crippen LogP contribution < -0.4 is 10.2 Å². The summed E-state index contributed by atoms with van der Waals surface area (Å²) >= 11 is 0. The van der Waals surface area contributed by atoms with Gasteiger partial charge in [-0.1, -0.05) is 6.07 Å². The maximum Gasteiger partial charge on any atom is 0.397 e. The number of hydrogen-bond acceptors (Lipinski definition) is 6. The molecule has 2 aromatic rings. The number of carbonyl (C=O) groups is 1. The molecule has 1 N–H and O–H groups in total. The van der Waals surface area contributed by atoms with Gasteiger partial charge in [-0.05, 0) is 24.3 Å². The molecule has 138 valence electrons. The summed E-state index contributed by atoms with van der Waals surface area (Å²) in [6.45, 7) is 1.27. The molecule has 1 aliphatic rings. The van der Waals surface area contributed by atoms with Gasteiger partial charge in [0, 0.05) is 32.4 Å². The van der Waals surface area contributed by atoms with Crippen molar-refractivity contribution in [1.82, 2.24) is 20.1 Å². The van der Waals surface area contributed by atoms with Crippen molar-refractivity contribution in [2.24, 2.45) is 0 Å². The quantitative estimate of drug-likeness (QED) is 0.894. The van der Waals surface area contributed by atoms with Crippen LogP contribution in [0.15, 0.2) is 36.5 Å². The number of carbonyl (C=O) groups excluding carboxylic acids is 1. The summed E-state index contributed by atoms with van der Waals surface area (Å²) in [5.41, 5.74) is 0. The van der Waals surface area contributed by atoms with Crippen molar-refractivity contribution in [3.05, 3.63) is 36.5 Å². The predicted octanol–water partition coefficient (Wildman–Crippen LogP) is 2.22. The molecule has 0 aromatic carbocycles. The van der Waals surface area contributed by atoms with Crippen LogP contribution >= 0.6 is 0 Å². The van der Waals surface area contributed by atoms with Crippen molar-refractivity contribution in [3.8, 4) is 0 Å². The first-order valence-corrected chi connectivity index (χ1v) is 8.02. The summed E-state index contributed by atoms with van der Waals surface area (Å²) in [6, 6.07) is 8.96. The molecule has 10 heteroatoms. The number of rotatable bonds is 4. The largest absolute Gasteiger partial charge is 0.397 e. The maximum absolute atomic E-state index is 12.3. The molecule has 0 aliphatic carbocycles. The second-order valence-electron chi connectivity index (χ2n) is 5.78. The molecule has 1 aliphatic heterocycles. The molecule has 1 amide bonds. The topological polar surface area (TPSA) is 74.2 Å². The zero-order chi connectivity index (χ0) is 18.6. The van der Waals surface area contributed by atoms with Gasteiger partial charge >= 0.3 is 6.18 Å². The Bertz CT molecular complexity index is 730. The minimum absolute atomic E-state index is 0.227. The molecule has 1 saturated heterocycles. The molecule has 26 heavy (non-hydrogen) atoms. The third-order valence-corrected chi connectivity index (χ3v) is 3.88. The fourth-order valence-electron chi connectivity index (χ4n) is 2.60. The van der Waals surface area contributed by atoms with Crippen molar-refractivity contribution >= 4 is 23.4 Å². The smallest absolute Gasteiger partial charge is 0.352 e. The first-order chi connectivity index (χ1) is 12.4. The SMILES string of the molecule is O=C(CC(F)(F)F)N1CCN(c2ccc(Nc3ccccn3)nn2)CC1. The van der Waals surface area contributed by atoms with Crippen LogP contribution in [-0.4, -0.2) is 58.3 Å². The number of hydrogen-bond donors (Lipinski definition) is 1. The Hall–Kier alpha value is -2.91. The van der Waals surface area contributed by atoms with Crippen molar-refractivity contribution < 1.29 is 18.0 Å². The van der Waals surface area contributed by atoms with Crippen molar-refractivity contribution in [2.45, 2.75) is 12.6 Å². The number of pyridine rings is 1. The third kappa shape index (κ3) is 4.80. The molecule has 0 radical (unpaired) electrons. The average molecular weight is 366 g/mol.